The van der Waals surface area contributed by atoms with Gasteiger partial charge in [-0.3, -0.25) is 0 Å². The lowest BCUT2D eigenvalue weighted by Gasteiger charge is -2.18. The van der Waals surface area contributed by atoms with Crippen molar-refractivity contribution >= 4 is 65.0 Å². The minimum atomic E-state index is -0.264. The van der Waals surface area contributed by atoms with Gasteiger partial charge in [0.2, 0.25) is 0 Å². The molecule has 0 radical (unpaired) electrons. The van der Waals surface area contributed by atoms with E-state index in [0.29, 0.717) is 27.7 Å². The summed E-state index contributed by atoms with van der Waals surface area (Å²) in [6.45, 7) is 0. The van der Waals surface area contributed by atoms with Gasteiger partial charge in [-0.25, -0.2) is 0 Å². The Labute approximate surface area is 315 Å². The minimum absolute atomic E-state index is 0.00817. The molecule has 0 spiro atoms. The summed E-state index contributed by atoms with van der Waals surface area (Å²) in [5.41, 5.74) is 6.70. The van der Waals surface area contributed by atoms with Crippen LogP contribution in [0.3, 0.4) is 0 Å². The Morgan fingerprint density at radius 2 is 0.849 bits per heavy atom. The predicted octanol–water partition coefficient (Wildman–Crippen LogP) is 14.9. The van der Waals surface area contributed by atoms with Gasteiger partial charge in [-0.2, -0.15) is 0 Å². The average molecular weight is 679 g/mol. The average Bonchev–Trinajstić information content (AvgIpc) is 3.66. The van der Waals surface area contributed by atoms with E-state index >= 15 is 0 Å². The van der Waals surface area contributed by atoms with Crippen LogP contribution in [-0.4, -0.2) is 0 Å². The standard InChI is InChI=1S/C52H32O/c1-2-13-34(14-3-1)49-43-16-6-8-18-45(43)50(46-19-9-7-17-44(46)49)40-29-26-36-31-39(28-25-37(36)32-40)42-21-11-23-48-52(42)51-41(20-10-22-47(51)53-48)38-27-24-33-12-4-5-15-35(33)30-38/h1-32H/i25D,26D,28D,29D,31D,32D. The predicted molar refractivity (Wildman–Crippen MR) is 225 cm³/mol. The van der Waals surface area contributed by atoms with Gasteiger partial charge in [0, 0.05) is 10.8 Å². The molecule has 0 N–H and O–H groups in total. The summed E-state index contributed by atoms with van der Waals surface area (Å²) in [7, 11) is 0. The number of fused-ring (bicyclic) bond motifs is 7. The number of hydrogen-bond acceptors (Lipinski definition) is 1. The second-order valence-electron chi connectivity index (χ2n) is 13.5. The van der Waals surface area contributed by atoms with E-state index in [0.717, 1.165) is 60.0 Å². The van der Waals surface area contributed by atoms with Gasteiger partial charge in [-0.05, 0) is 118 Å². The summed E-state index contributed by atoms with van der Waals surface area (Å²) in [5.74, 6) is 0. The monoisotopic (exact) mass is 678 g/mol. The second kappa shape index (κ2) is 11.8. The molecule has 0 saturated heterocycles. The molecule has 0 amide bonds. The molecule has 11 rings (SSSR count). The molecule has 1 heterocycles. The van der Waals surface area contributed by atoms with Crippen molar-refractivity contribution in [1.82, 2.24) is 0 Å². The molecule has 246 valence electrons. The van der Waals surface area contributed by atoms with E-state index < -0.39 is 0 Å². The van der Waals surface area contributed by atoms with E-state index in [9.17, 15) is 8.22 Å². The van der Waals surface area contributed by atoms with Gasteiger partial charge < -0.3 is 4.42 Å². The van der Waals surface area contributed by atoms with Crippen LogP contribution in [0.5, 0.6) is 0 Å². The van der Waals surface area contributed by atoms with Crippen molar-refractivity contribution < 1.29 is 12.6 Å². The summed E-state index contributed by atoms with van der Waals surface area (Å²) >= 11 is 0. The van der Waals surface area contributed by atoms with Gasteiger partial charge in [-0.15, -0.1) is 0 Å². The lowest BCUT2D eigenvalue weighted by Crippen LogP contribution is -1.91. The molecule has 0 aliphatic heterocycles. The van der Waals surface area contributed by atoms with Gasteiger partial charge in [0.25, 0.3) is 0 Å². The van der Waals surface area contributed by atoms with Crippen molar-refractivity contribution in [3.05, 3.63) is 194 Å². The van der Waals surface area contributed by atoms with E-state index in [1.165, 1.54) is 0 Å². The largest absolute Gasteiger partial charge is 0.456 e. The zero-order chi connectivity index (χ0) is 40.1. The van der Waals surface area contributed by atoms with E-state index in [1.54, 1.807) is 0 Å². The third-order valence-electron chi connectivity index (χ3n) is 10.5. The zero-order valence-electron chi connectivity index (χ0n) is 34.4. The molecule has 0 aliphatic carbocycles. The number of benzene rings is 10. The Kier molecular flexibility index (Phi) is 5.40. The van der Waals surface area contributed by atoms with Crippen LogP contribution in [0.4, 0.5) is 0 Å². The van der Waals surface area contributed by atoms with Crippen LogP contribution in [0.1, 0.15) is 8.22 Å². The van der Waals surface area contributed by atoms with Crippen LogP contribution in [-0.2, 0) is 0 Å². The van der Waals surface area contributed by atoms with Gasteiger partial charge in [0.05, 0.1) is 8.22 Å². The summed E-state index contributed by atoms with van der Waals surface area (Å²) in [6.07, 6.45) is 0. The maximum absolute atomic E-state index is 9.78. The van der Waals surface area contributed by atoms with Crippen LogP contribution >= 0.6 is 0 Å². The molecule has 53 heavy (non-hydrogen) atoms. The van der Waals surface area contributed by atoms with Gasteiger partial charge >= 0.3 is 0 Å². The van der Waals surface area contributed by atoms with Crippen molar-refractivity contribution in [3.63, 3.8) is 0 Å². The summed E-state index contributed by atoms with van der Waals surface area (Å²) in [4.78, 5) is 0. The zero-order valence-corrected chi connectivity index (χ0v) is 28.4. The normalized spacial score (nSPS) is 13.4. The summed E-state index contributed by atoms with van der Waals surface area (Å²) in [6, 6.07) is 50.7. The van der Waals surface area contributed by atoms with Gasteiger partial charge in [0.1, 0.15) is 11.2 Å². The van der Waals surface area contributed by atoms with Gasteiger partial charge in [0.15, 0.2) is 0 Å². The highest BCUT2D eigenvalue weighted by molar-refractivity contribution is 6.22. The molecule has 1 heteroatoms. The first-order chi connectivity index (χ1) is 28.8. The van der Waals surface area contributed by atoms with E-state index in [1.807, 2.05) is 115 Å². The van der Waals surface area contributed by atoms with Crippen LogP contribution in [0.2, 0.25) is 0 Å². The molecule has 0 saturated carbocycles. The highest BCUT2D eigenvalue weighted by Crippen LogP contribution is 2.45. The Morgan fingerprint density at radius 1 is 0.340 bits per heavy atom. The van der Waals surface area contributed by atoms with Crippen molar-refractivity contribution in [2.45, 2.75) is 0 Å². The molecular formula is C52H32O. The van der Waals surface area contributed by atoms with E-state index in [4.69, 9.17) is 4.42 Å². The molecule has 0 unspecified atom stereocenters. The molecule has 0 fully saturated rings. The third kappa shape index (κ3) is 4.71. The van der Waals surface area contributed by atoms with Crippen LogP contribution < -0.4 is 0 Å². The lowest BCUT2D eigenvalue weighted by molar-refractivity contribution is 0.669. The fraction of sp³-hybridized carbons (Fsp3) is 0. The molecule has 1 aromatic heterocycles. The molecule has 0 atom stereocenters. The highest BCUT2D eigenvalue weighted by Gasteiger charge is 2.19. The SMILES string of the molecule is [2H]c1c(-c2cccc3oc4cccc(-c5ccc6ccccc6c5)c4c23)c([2H])c2c([2H])c([2H])c(-c3c4ccccc4c(-c4ccccc4)c4ccccc34)c([2H])c2c1[2H]. The van der Waals surface area contributed by atoms with Crippen LogP contribution in [0.25, 0.3) is 110 Å². The number of furan rings is 1. The fourth-order valence-electron chi connectivity index (χ4n) is 8.12. The Hall–Kier alpha value is -6.96. The Morgan fingerprint density at radius 3 is 1.49 bits per heavy atom. The van der Waals surface area contributed by atoms with Crippen molar-refractivity contribution in [1.29, 1.82) is 0 Å². The second-order valence-corrected chi connectivity index (χ2v) is 13.5. The highest BCUT2D eigenvalue weighted by atomic mass is 16.3. The van der Waals surface area contributed by atoms with Crippen LogP contribution in [0, 0.1) is 0 Å². The molecule has 1 nitrogen and oxygen atoms in total. The maximum Gasteiger partial charge on any atom is 0.136 e. The van der Waals surface area contributed by atoms with Crippen molar-refractivity contribution in [2.24, 2.45) is 0 Å². The van der Waals surface area contributed by atoms with E-state index in [2.05, 4.69) is 42.5 Å². The van der Waals surface area contributed by atoms with Crippen molar-refractivity contribution in [2.75, 3.05) is 0 Å². The third-order valence-corrected chi connectivity index (χ3v) is 10.5. The smallest absolute Gasteiger partial charge is 0.136 e. The quantitative estimate of drug-likeness (QED) is 0.169. The minimum Gasteiger partial charge on any atom is -0.456 e. The molecule has 10 aromatic carbocycles. The molecule has 0 aliphatic rings. The fourth-order valence-corrected chi connectivity index (χ4v) is 8.12. The first kappa shape index (κ1) is 24.3. The number of rotatable bonds is 4. The van der Waals surface area contributed by atoms with E-state index in [-0.39, 0.29) is 58.2 Å². The maximum atomic E-state index is 9.78. The molecule has 0 bridgehead atoms. The summed E-state index contributed by atoms with van der Waals surface area (Å²) in [5, 5.41) is 7.26. The first-order valence-electron chi connectivity index (χ1n) is 20.8. The Balaban J connectivity index is 1.20. The lowest BCUT2D eigenvalue weighted by atomic mass is 9.85. The molecule has 11 aromatic rings. The van der Waals surface area contributed by atoms with Crippen molar-refractivity contribution in [3.8, 4) is 44.5 Å². The first-order valence-corrected chi connectivity index (χ1v) is 17.8. The Bertz CT molecular complexity index is 3510. The summed E-state index contributed by atoms with van der Waals surface area (Å²) < 4.78 is 64.2. The number of hydrogen-bond donors (Lipinski definition) is 0. The van der Waals surface area contributed by atoms with Crippen LogP contribution in [0.15, 0.2) is 198 Å². The topological polar surface area (TPSA) is 13.1 Å². The van der Waals surface area contributed by atoms with Gasteiger partial charge in [-0.1, -0.05) is 164 Å². The molecular weight excluding hydrogens is 641 g/mol.